The number of piperazine rings is 1. The minimum atomic E-state index is -0.0978. The van der Waals surface area contributed by atoms with E-state index in [0.29, 0.717) is 36.0 Å². The van der Waals surface area contributed by atoms with E-state index in [9.17, 15) is 9.59 Å². The van der Waals surface area contributed by atoms with Crippen LogP contribution in [0.1, 0.15) is 33.1 Å². The molecule has 7 nitrogen and oxygen atoms in total. The molecule has 0 saturated carbocycles. The minimum absolute atomic E-state index is 0.0590. The zero-order valence-corrected chi connectivity index (χ0v) is 16.9. The number of rotatable bonds is 8. The Hall–Kier alpha value is -2.12. The van der Waals surface area contributed by atoms with Crippen LogP contribution in [-0.4, -0.2) is 68.0 Å². The van der Waals surface area contributed by atoms with Gasteiger partial charge in [-0.25, -0.2) is 0 Å². The number of methoxy groups -OCH3 is 1. The molecule has 1 saturated heterocycles. The highest BCUT2D eigenvalue weighted by atomic mass is 16.5. The normalized spacial score (nSPS) is 16.6. The molecule has 1 unspecified atom stereocenters. The van der Waals surface area contributed by atoms with E-state index in [1.54, 1.807) is 32.2 Å². The van der Waals surface area contributed by atoms with Crippen molar-refractivity contribution < 1.29 is 14.3 Å². The molecule has 1 aromatic rings. The van der Waals surface area contributed by atoms with Crippen molar-refractivity contribution in [3.05, 3.63) is 18.2 Å². The smallest absolute Gasteiger partial charge is 0.224 e. The number of anilines is 2. The molecule has 0 spiro atoms. The predicted octanol–water partition coefficient (Wildman–Crippen LogP) is 2.40. The van der Waals surface area contributed by atoms with E-state index in [0.717, 1.165) is 32.6 Å². The molecule has 1 aliphatic rings. The number of carbonyl (C=O) groups excluding carboxylic acids is 2. The predicted molar refractivity (Wildman–Crippen MR) is 108 cm³/mol. The summed E-state index contributed by atoms with van der Waals surface area (Å²) in [4.78, 5) is 29.0. The van der Waals surface area contributed by atoms with Crippen LogP contribution in [0.15, 0.2) is 18.2 Å². The maximum absolute atomic E-state index is 12.5. The minimum Gasteiger partial charge on any atom is -0.497 e. The second kappa shape index (κ2) is 10.3. The molecule has 2 amide bonds. The van der Waals surface area contributed by atoms with Gasteiger partial charge < -0.3 is 20.3 Å². The number of benzene rings is 1. The molecule has 7 heteroatoms. The third-order valence-electron chi connectivity index (χ3n) is 5.05. The average Bonchev–Trinajstić information content (AvgIpc) is 2.67. The number of nitrogens with one attached hydrogen (secondary N) is 2. The molecule has 1 aromatic carbocycles. The van der Waals surface area contributed by atoms with Gasteiger partial charge in [-0.2, -0.15) is 0 Å². The number of nitrogens with zero attached hydrogens (tertiary/aromatic N) is 2. The lowest BCUT2D eigenvalue weighted by atomic mass is 10.1. The molecule has 2 N–H and O–H groups in total. The van der Waals surface area contributed by atoms with Crippen LogP contribution < -0.4 is 15.4 Å². The second-order valence-corrected chi connectivity index (χ2v) is 7.09. The molecular weight excluding hydrogens is 344 g/mol. The molecule has 0 radical (unpaired) electrons. The SMILES string of the molecule is CCC(=O)Nc1ccc(OC)cc1NC(=O)CCC(C)N1CCN(C)CC1. The first-order valence-electron chi connectivity index (χ1n) is 9.63. The van der Waals surface area contributed by atoms with Gasteiger partial charge >= 0.3 is 0 Å². The summed E-state index contributed by atoms with van der Waals surface area (Å²) in [7, 11) is 3.71. The number of amides is 2. The van der Waals surface area contributed by atoms with Crippen LogP contribution in [-0.2, 0) is 9.59 Å². The lowest BCUT2D eigenvalue weighted by molar-refractivity contribution is -0.117. The van der Waals surface area contributed by atoms with Crippen molar-refractivity contribution >= 4 is 23.2 Å². The van der Waals surface area contributed by atoms with Gasteiger partial charge in [-0.3, -0.25) is 14.5 Å². The molecule has 1 aliphatic heterocycles. The zero-order valence-electron chi connectivity index (χ0n) is 16.9. The molecule has 0 aliphatic carbocycles. The Morgan fingerprint density at radius 3 is 2.41 bits per heavy atom. The van der Waals surface area contributed by atoms with Crippen molar-refractivity contribution in [2.45, 2.75) is 39.2 Å². The number of hydrogen-bond acceptors (Lipinski definition) is 5. The van der Waals surface area contributed by atoms with Gasteiger partial charge in [0.25, 0.3) is 0 Å². The van der Waals surface area contributed by atoms with E-state index in [4.69, 9.17) is 4.74 Å². The summed E-state index contributed by atoms with van der Waals surface area (Å²) in [5, 5.41) is 5.74. The van der Waals surface area contributed by atoms with Crippen LogP contribution >= 0.6 is 0 Å². The topological polar surface area (TPSA) is 73.9 Å². The monoisotopic (exact) mass is 376 g/mol. The summed E-state index contributed by atoms with van der Waals surface area (Å²) >= 11 is 0. The molecule has 150 valence electrons. The molecule has 1 atom stereocenters. The van der Waals surface area contributed by atoms with Gasteiger partial charge in [-0.15, -0.1) is 0 Å². The van der Waals surface area contributed by atoms with Crippen LogP contribution in [0.2, 0.25) is 0 Å². The highest BCUT2D eigenvalue weighted by Gasteiger charge is 2.20. The summed E-state index contributed by atoms with van der Waals surface area (Å²) in [5.41, 5.74) is 1.15. The summed E-state index contributed by atoms with van der Waals surface area (Å²) in [5.74, 6) is 0.473. The Balaban J connectivity index is 1.92. The Bertz CT molecular complexity index is 642. The first-order chi connectivity index (χ1) is 12.9. The van der Waals surface area contributed by atoms with E-state index in [2.05, 4.69) is 34.4 Å². The summed E-state index contributed by atoms with van der Waals surface area (Å²) in [6.07, 6.45) is 1.62. The van der Waals surface area contributed by atoms with Crippen LogP contribution in [0.5, 0.6) is 5.75 Å². The van der Waals surface area contributed by atoms with Crippen molar-refractivity contribution in [2.24, 2.45) is 0 Å². The number of likely N-dealkylation sites (N-methyl/N-ethyl adjacent to an activating group) is 1. The zero-order chi connectivity index (χ0) is 19.8. The average molecular weight is 377 g/mol. The highest BCUT2D eigenvalue weighted by Crippen LogP contribution is 2.27. The van der Waals surface area contributed by atoms with Gasteiger partial charge in [0.1, 0.15) is 5.75 Å². The van der Waals surface area contributed by atoms with Crippen molar-refractivity contribution in [1.82, 2.24) is 9.80 Å². The maximum atomic E-state index is 12.5. The largest absolute Gasteiger partial charge is 0.497 e. The lowest BCUT2D eigenvalue weighted by Crippen LogP contribution is -2.48. The number of hydrogen-bond donors (Lipinski definition) is 2. The molecule has 27 heavy (non-hydrogen) atoms. The fraction of sp³-hybridized carbons (Fsp3) is 0.600. The van der Waals surface area contributed by atoms with Crippen LogP contribution in [0.3, 0.4) is 0 Å². The van der Waals surface area contributed by atoms with Gasteiger partial charge in [0.2, 0.25) is 11.8 Å². The van der Waals surface area contributed by atoms with Crippen LogP contribution in [0.4, 0.5) is 11.4 Å². The van der Waals surface area contributed by atoms with Crippen molar-refractivity contribution in [1.29, 1.82) is 0 Å². The molecule has 0 aromatic heterocycles. The molecular formula is C20H32N4O3. The Morgan fingerprint density at radius 1 is 1.11 bits per heavy atom. The van der Waals surface area contributed by atoms with Gasteiger partial charge in [-0.1, -0.05) is 6.92 Å². The Labute approximate surface area is 162 Å². The highest BCUT2D eigenvalue weighted by molar-refractivity contribution is 5.99. The first-order valence-corrected chi connectivity index (χ1v) is 9.63. The quantitative estimate of drug-likeness (QED) is 0.729. The molecule has 2 rings (SSSR count). The van der Waals surface area contributed by atoms with Gasteiger partial charge in [0, 0.05) is 51.1 Å². The number of ether oxygens (including phenoxy) is 1. The van der Waals surface area contributed by atoms with Crippen molar-refractivity contribution in [2.75, 3.05) is 51.0 Å². The van der Waals surface area contributed by atoms with Gasteiger partial charge in [-0.05, 0) is 32.5 Å². The summed E-state index contributed by atoms with van der Waals surface area (Å²) < 4.78 is 5.23. The van der Waals surface area contributed by atoms with E-state index in [1.807, 2.05) is 0 Å². The van der Waals surface area contributed by atoms with Crippen LogP contribution in [0.25, 0.3) is 0 Å². The first kappa shape index (κ1) is 21.2. The Kier molecular flexibility index (Phi) is 8.06. The third-order valence-corrected chi connectivity index (χ3v) is 5.05. The van der Waals surface area contributed by atoms with Crippen molar-refractivity contribution in [3.63, 3.8) is 0 Å². The second-order valence-electron chi connectivity index (χ2n) is 7.09. The van der Waals surface area contributed by atoms with Crippen molar-refractivity contribution in [3.8, 4) is 5.75 Å². The molecule has 1 heterocycles. The fourth-order valence-corrected chi connectivity index (χ4v) is 3.10. The fourth-order valence-electron chi connectivity index (χ4n) is 3.10. The summed E-state index contributed by atoms with van der Waals surface area (Å²) in [6.45, 7) is 8.19. The van der Waals surface area contributed by atoms with E-state index < -0.39 is 0 Å². The van der Waals surface area contributed by atoms with Gasteiger partial charge in [0.15, 0.2) is 0 Å². The van der Waals surface area contributed by atoms with E-state index >= 15 is 0 Å². The summed E-state index contributed by atoms with van der Waals surface area (Å²) in [6, 6.07) is 5.60. The third kappa shape index (κ3) is 6.52. The van der Waals surface area contributed by atoms with Crippen LogP contribution in [0, 0.1) is 0 Å². The standard InChI is InChI=1S/C20H32N4O3/c1-5-19(25)21-17-8-7-16(27-4)14-18(17)22-20(26)9-6-15(2)24-12-10-23(3)11-13-24/h7-8,14-15H,5-6,9-13H2,1-4H3,(H,21,25)(H,22,26). The number of carbonyl (C=O) groups is 2. The molecule has 0 bridgehead atoms. The van der Waals surface area contributed by atoms with E-state index in [-0.39, 0.29) is 11.8 Å². The maximum Gasteiger partial charge on any atom is 0.224 e. The lowest BCUT2D eigenvalue weighted by Gasteiger charge is -2.36. The molecule has 1 fully saturated rings. The van der Waals surface area contributed by atoms with E-state index in [1.165, 1.54) is 0 Å². The Morgan fingerprint density at radius 2 is 1.78 bits per heavy atom. The van der Waals surface area contributed by atoms with Gasteiger partial charge in [0.05, 0.1) is 18.5 Å².